The molecule has 156 valence electrons. The summed E-state index contributed by atoms with van der Waals surface area (Å²) >= 11 is 0. The minimum Gasteiger partial charge on any atom is -0.446 e. The summed E-state index contributed by atoms with van der Waals surface area (Å²) in [5.41, 5.74) is 5.79. The number of carbonyl (C=O) groups excluding carboxylic acids is 2. The van der Waals surface area contributed by atoms with E-state index in [0.29, 0.717) is 12.1 Å². The SMILES string of the molecule is CC(C)CC(NC(=O)c1coc(C(N)CO)n1)C(=O)Nc1ccc([N+](=O)[O-])cc1. The number of nitro groups is 1. The number of nitrogens with two attached hydrogens (primary N) is 1. The van der Waals surface area contributed by atoms with Gasteiger partial charge in [0, 0.05) is 17.8 Å². The van der Waals surface area contributed by atoms with Crippen molar-refractivity contribution >= 4 is 23.2 Å². The third-order valence-electron chi connectivity index (χ3n) is 3.94. The van der Waals surface area contributed by atoms with E-state index in [1.54, 1.807) is 0 Å². The molecule has 11 heteroatoms. The van der Waals surface area contributed by atoms with Gasteiger partial charge in [0.15, 0.2) is 5.69 Å². The number of non-ortho nitro benzene ring substituents is 1. The summed E-state index contributed by atoms with van der Waals surface area (Å²) in [5, 5.41) is 25.0. The van der Waals surface area contributed by atoms with Crippen molar-refractivity contribution in [1.82, 2.24) is 10.3 Å². The first-order valence-corrected chi connectivity index (χ1v) is 8.89. The van der Waals surface area contributed by atoms with Crippen molar-refractivity contribution in [2.45, 2.75) is 32.4 Å². The largest absolute Gasteiger partial charge is 0.446 e. The molecule has 2 atom stereocenters. The molecule has 0 saturated heterocycles. The van der Waals surface area contributed by atoms with E-state index >= 15 is 0 Å². The highest BCUT2D eigenvalue weighted by molar-refractivity contribution is 6.00. The number of nitrogens with zero attached hydrogens (tertiary/aromatic N) is 2. The molecule has 0 spiro atoms. The van der Waals surface area contributed by atoms with E-state index in [9.17, 15) is 19.7 Å². The first kappa shape index (κ1) is 22.0. The second-order valence-corrected chi connectivity index (χ2v) is 6.81. The molecule has 0 aliphatic carbocycles. The van der Waals surface area contributed by atoms with Gasteiger partial charge in [0.05, 0.1) is 11.5 Å². The number of carbonyl (C=O) groups is 2. The van der Waals surface area contributed by atoms with Crippen LogP contribution in [0.2, 0.25) is 0 Å². The quantitative estimate of drug-likeness (QED) is 0.357. The van der Waals surface area contributed by atoms with Crippen LogP contribution in [0, 0.1) is 16.0 Å². The third kappa shape index (κ3) is 6.09. The summed E-state index contributed by atoms with van der Waals surface area (Å²) in [6, 6.07) is 3.63. The number of oxazole rings is 1. The predicted octanol–water partition coefficient (Wildman–Crippen LogP) is 1.36. The Bertz CT molecular complexity index is 864. The Morgan fingerprint density at radius 2 is 1.97 bits per heavy atom. The fourth-order valence-corrected chi connectivity index (χ4v) is 2.47. The smallest absolute Gasteiger partial charge is 0.273 e. The van der Waals surface area contributed by atoms with E-state index in [2.05, 4.69) is 15.6 Å². The third-order valence-corrected chi connectivity index (χ3v) is 3.94. The first-order valence-electron chi connectivity index (χ1n) is 8.89. The summed E-state index contributed by atoms with van der Waals surface area (Å²) in [5.74, 6) is -1.00. The number of anilines is 1. The highest BCUT2D eigenvalue weighted by Gasteiger charge is 2.25. The van der Waals surface area contributed by atoms with Crippen molar-refractivity contribution in [3.8, 4) is 0 Å². The van der Waals surface area contributed by atoms with Crippen LogP contribution in [0.4, 0.5) is 11.4 Å². The highest BCUT2D eigenvalue weighted by atomic mass is 16.6. The summed E-state index contributed by atoms with van der Waals surface area (Å²) < 4.78 is 5.08. The Hall–Kier alpha value is -3.31. The number of aliphatic hydroxyl groups is 1. The monoisotopic (exact) mass is 405 g/mol. The van der Waals surface area contributed by atoms with Gasteiger partial charge in [-0.05, 0) is 24.5 Å². The lowest BCUT2D eigenvalue weighted by Gasteiger charge is -2.19. The van der Waals surface area contributed by atoms with Gasteiger partial charge in [-0.3, -0.25) is 19.7 Å². The van der Waals surface area contributed by atoms with Gasteiger partial charge in [-0.25, -0.2) is 4.98 Å². The maximum Gasteiger partial charge on any atom is 0.273 e. The lowest BCUT2D eigenvalue weighted by molar-refractivity contribution is -0.384. The average Bonchev–Trinajstić information content (AvgIpc) is 3.17. The Kier molecular flexibility index (Phi) is 7.39. The fourth-order valence-electron chi connectivity index (χ4n) is 2.47. The molecule has 0 fully saturated rings. The second-order valence-electron chi connectivity index (χ2n) is 6.81. The van der Waals surface area contributed by atoms with Crippen LogP contribution in [0.15, 0.2) is 34.9 Å². The van der Waals surface area contributed by atoms with Crippen LogP contribution in [-0.4, -0.2) is 39.5 Å². The molecule has 2 unspecified atom stereocenters. The molecule has 1 aromatic heterocycles. The Labute approximate surface area is 166 Å². The van der Waals surface area contributed by atoms with Gasteiger partial charge in [0.2, 0.25) is 11.8 Å². The van der Waals surface area contributed by atoms with Gasteiger partial charge < -0.3 is 25.9 Å². The van der Waals surface area contributed by atoms with E-state index in [1.165, 1.54) is 24.3 Å². The molecule has 0 aliphatic heterocycles. The standard InChI is InChI=1S/C18H23N5O6/c1-10(2)7-14(16(25)20-11-3-5-12(6-4-11)23(27)28)21-17(26)15-9-29-18(22-15)13(19)8-24/h3-6,9-10,13-14,24H,7-8,19H2,1-2H3,(H,20,25)(H,21,26). The molecule has 0 radical (unpaired) electrons. The van der Waals surface area contributed by atoms with Crippen LogP contribution in [0.3, 0.4) is 0 Å². The van der Waals surface area contributed by atoms with Gasteiger partial charge in [-0.15, -0.1) is 0 Å². The summed E-state index contributed by atoms with van der Waals surface area (Å²) in [7, 11) is 0. The van der Waals surface area contributed by atoms with Crippen LogP contribution in [0.25, 0.3) is 0 Å². The van der Waals surface area contributed by atoms with E-state index in [0.717, 1.165) is 6.26 Å². The molecule has 11 nitrogen and oxygen atoms in total. The molecule has 1 heterocycles. The number of benzene rings is 1. The number of aliphatic hydroxyl groups excluding tert-OH is 1. The molecule has 2 rings (SSSR count). The van der Waals surface area contributed by atoms with Crippen LogP contribution in [0.5, 0.6) is 0 Å². The van der Waals surface area contributed by atoms with Gasteiger partial charge in [0.25, 0.3) is 11.6 Å². The van der Waals surface area contributed by atoms with Gasteiger partial charge in [-0.2, -0.15) is 0 Å². The van der Waals surface area contributed by atoms with Crippen LogP contribution >= 0.6 is 0 Å². The maximum absolute atomic E-state index is 12.6. The minimum absolute atomic E-state index is 0.00777. The van der Waals surface area contributed by atoms with Gasteiger partial charge >= 0.3 is 0 Å². The van der Waals surface area contributed by atoms with Crippen molar-refractivity contribution in [3.05, 3.63) is 52.2 Å². The molecule has 0 saturated carbocycles. The maximum atomic E-state index is 12.6. The molecular weight excluding hydrogens is 382 g/mol. The van der Waals surface area contributed by atoms with Crippen LogP contribution < -0.4 is 16.4 Å². The molecule has 0 aliphatic rings. The number of rotatable bonds is 9. The number of hydrogen-bond acceptors (Lipinski definition) is 8. The van der Waals surface area contributed by atoms with Crippen LogP contribution in [-0.2, 0) is 4.79 Å². The number of nitrogens with one attached hydrogen (secondary N) is 2. The zero-order chi connectivity index (χ0) is 21.6. The van der Waals surface area contributed by atoms with Crippen molar-refractivity contribution in [1.29, 1.82) is 0 Å². The second kappa shape index (κ2) is 9.75. The van der Waals surface area contributed by atoms with Crippen molar-refractivity contribution in [2.75, 3.05) is 11.9 Å². The Morgan fingerprint density at radius 1 is 1.31 bits per heavy atom. The minimum atomic E-state index is -0.871. The number of amides is 2. The zero-order valence-electron chi connectivity index (χ0n) is 16.0. The number of nitro benzene ring substituents is 1. The number of hydrogen-bond donors (Lipinski definition) is 4. The summed E-state index contributed by atoms with van der Waals surface area (Å²) in [4.78, 5) is 39.2. The van der Waals surface area contributed by atoms with E-state index < -0.39 is 35.4 Å². The Morgan fingerprint density at radius 3 is 2.52 bits per heavy atom. The zero-order valence-corrected chi connectivity index (χ0v) is 16.0. The molecule has 29 heavy (non-hydrogen) atoms. The van der Waals surface area contributed by atoms with E-state index in [4.69, 9.17) is 15.3 Å². The molecule has 2 amide bonds. The van der Waals surface area contributed by atoms with Crippen molar-refractivity contribution < 1.29 is 24.0 Å². The summed E-state index contributed by atoms with van der Waals surface area (Å²) in [6.07, 6.45) is 1.45. The highest BCUT2D eigenvalue weighted by Crippen LogP contribution is 2.17. The lowest BCUT2D eigenvalue weighted by Crippen LogP contribution is -2.44. The summed E-state index contributed by atoms with van der Waals surface area (Å²) in [6.45, 7) is 3.40. The lowest BCUT2D eigenvalue weighted by atomic mass is 10.0. The van der Waals surface area contributed by atoms with E-state index in [1.807, 2.05) is 13.8 Å². The van der Waals surface area contributed by atoms with Crippen molar-refractivity contribution in [2.24, 2.45) is 11.7 Å². The average molecular weight is 405 g/mol. The fraction of sp³-hybridized carbons (Fsp3) is 0.389. The van der Waals surface area contributed by atoms with Gasteiger partial charge in [-0.1, -0.05) is 13.8 Å². The van der Waals surface area contributed by atoms with Crippen molar-refractivity contribution in [3.63, 3.8) is 0 Å². The Balaban J connectivity index is 2.09. The first-order chi connectivity index (χ1) is 13.7. The molecular formula is C18H23N5O6. The number of aromatic nitrogens is 1. The predicted molar refractivity (Wildman–Crippen MR) is 103 cm³/mol. The van der Waals surface area contributed by atoms with Gasteiger partial charge in [0.1, 0.15) is 18.3 Å². The molecule has 2 aromatic rings. The normalized spacial score (nSPS) is 13.0. The topological polar surface area (TPSA) is 174 Å². The molecule has 5 N–H and O–H groups in total. The molecule has 1 aromatic carbocycles. The van der Waals surface area contributed by atoms with E-state index in [-0.39, 0.29) is 23.2 Å². The van der Waals surface area contributed by atoms with Crippen LogP contribution in [0.1, 0.15) is 42.7 Å². The molecule has 0 bridgehead atoms.